The number of ether oxygens (including phenoxy) is 4. The van der Waals surface area contributed by atoms with Gasteiger partial charge in [0.05, 0.1) is 5.69 Å². The first kappa shape index (κ1) is 30.2. The van der Waals surface area contributed by atoms with E-state index in [4.69, 9.17) is 18.9 Å². The van der Waals surface area contributed by atoms with Gasteiger partial charge in [-0.15, -0.1) is 0 Å². The van der Waals surface area contributed by atoms with Gasteiger partial charge in [0.15, 0.2) is 12.7 Å². The predicted octanol–water partition coefficient (Wildman–Crippen LogP) is 5.17. The van der Waals surface area contributed by atoms with Crippen LogP contribution in [-0.4, -0.2) is 67.0 Å². The molecule has 0 aliphatic carbocycles. The molecule has 0 aromatic heterocycles. The van der Waals surface area contributed by atoms with Crippen molar-refractivity contribution in [2.24, 2.45) is 0 Å². The number of fused-ring (bicyclic) bond motifs is 1. The Morgan fingerprint density at radius 1 is 1.02 bits per heavy atom. The van der Waals surface area contributed by atoms with Gasteiger partial charge in [0.2, 0.25) is 0 Å². The molecule has 12 heteroatoms. The van der Waals surface area contributed by atoms with Crippen molar-refractivity contribution in [1.82, 2.24) is 4.90 Å². The number of cyclic esters (lactones) is 1. The van der Waals surface area contributed by atoms with E-state index < -0.39 is 42.5 Å². The zero-order valence-electron chi connectivity index (χ0n) is 23.1. The first-order valence-electron chi connectivity index (χ1n) is 13.3. The van der Waals surface area contributed by atoms with Gasteiger partial charge in [-0.3, -0.25) is 9.69 Å². The van der Waals surface area contributed by atoms with Gasteiger partial charge in [-0.05, 0) is 57.4 Å². The van der Waals surface area contributed by atoms with Crippen LogP contribution in [0.25, 0.3) is 0 Å². The van der Waals surface area contributed by atoms with E-state index in [0.717, 1.165) is 11.3 Å². The quantitative estimate of drug-likeness (QED) is 0.399. The highest BCUT2D eigenvalue weighted by molar-refractivity contribution is 5.91. The number of esters is 1. The molecule has 9 nitrogen and oxygen atoms in total. The Hall–Kier alpha value is -3.80. The van der Waals surface area contributed by atoms with Crippen LogP contribution < -0.4 is 9.64 Å². The Morgan fingerprint density at radius 3 is 2.32 bits per heavy atom. The number of anilines is 1. The van der Waals surface area contributed by atoms with Gasteiger partial charge in [-0.2, -0.15) is 13.2 Å². The molecule has 2 aromatic rings. The van der Waals surface area contributed by atoms with Gasteiger partial charge in [-0.25, -0.2) is 9.59 Å². The zero-order chi connectivity index (χ0) is 29.8. The highest BCUT2D eigenvalue weighted by atomic mass is 19.4. The molecule has 1 saturated heterocycles. The van der Waals surface area contributed by atoms with Crippen LogP contribution in [0.2, 0.25) is 0 Å². The third-order valence-corrected chi connectivity index (χ3v) is 6.54. The number of carbonyl (C=O) groups excluding carboxylic acids is 3. The molecule has 2 aliphatic heterocycles. The summed E-state index contributed by atoms with van der Waals surface area (Å²) >= 11 is 0. The molecule has 0 radical (unpaired) electrons. The number of likely N-dealkylation sites (tertiary alicyclic amines) is 1. The van der Waals surface area contributed by atoms with Crippen molar-refractivity contribution in [2.75, 3.05) is 31.2 Å². The molecule has 2 aromatic carbocycles. The minimum Gasteiger partial charge on any atom is -0.482 e. The lowest BCUT2D eigenvalue weighted by molar-refractivity contribution is -0.191. The summed E-state index contributed by atoms with van der Waals surface area (Å²) in [5.74, 6) is -0.916. The molecule has 1 atom stereocenters. The number of nitrogens with zero attached hydrogens (tertiary/aromatic N) is 2. The Morgan fingerprint density at radius 2 is 1.68 bits per heavy atom. The van der Waals surface area contributed by atoms with Crippen molar-refractivity contribution < 1.29 is 46.5 Å². The van der Waals surface area contributed by atoms with E-state index in [2.05, 4.69) is 0 Å². The maximum atomic E-state index is 13.4. The van der Waals surface area contributed by atoms with E-state index in [1.54, 1.807) is 25.7 Å². The maximum absolute atomic E-state index is 13.4. The van der Waals surface area contributed by atoms with Crippen LogP contribution in [0.15, 0.2) is 48.5 Å². The molecule has 41 heavy (non-hydrogen) atoms. The predicted molar refractivity (Wildman–Crippen MR) is 141 cm³/mol. The molecule has 0 N–H and O–H groups in total. The molecule has 2 heterocycles. The second-order valence-corrected chi connectivity index (χ2v) is 10.9. The second kappa shape index (κ2) is 12.4. The molecule has 0 bridgehead atoms. The molecule has 0 spiro atoms. The van der Waals surface area contributed by atoms with Gasteiger partial charge in [0, 0.05) is 24.7 Å². The minimum absolute atomic E-state index is 0.186. The van der Waals surface area contributed by atoms with Crippen LogP contribution in [0.4, 0.5) is 23.7 Å². The molecule has 1 unspecified atom stereocenters. The first-order valence-corrected chi connectivity index (χ1v) is 13.3. The SMILES string of the molecule is CC(C)(C)OC(=O)COc1ccc(C(OCC(F)(F)F)C(=O)N2CCC(N3C(=O)OCc4ccccc43)CC2)cc1. The maximum Gasteiger partial charge on any atom is 0.414 e. The number of para-hydroxylation sites is 1. The first-order chi connectivity index (χ1) is 19.3. The fraction of sp³-hybridized carbons (Fsp3) is 0.483. The van der Waals surface area contributed by atoms with E-state index in [1.807, 2.05) is 24.3 Å². The van der Waals surface area contributed by atoms with Crippen LogP contribution in [0.1, 0.15) is 50.8 Å². The van der Waals surface area contributed by atoms with Gasteiger partial charge < -0.3 is 23.8 Å². The number of amides is 2. The number of rotatable bonds is 8. The number of piperidine rings is 1. The van der Waals surface area contributed by atoms with Crippen LogP contribution in [0.5, 0.6) is 5.75 Å². The topological polar surface area (TPSA) is 94.6 Å². The van der Waals surface area contributed by atoms with Gasteiger partial charge >= 0.3 is 18.2 Å². The molecule has 4 rings (SSSR count). The summed E-state index contributed by atoms with van der Waals surface area (Å²) in [6.07, 6.45) is -5.77. The largest absolute Gasteiger partial charge is 0.482 e. The van der Waals surface area contributed by atoms with Crippen molar-refractivity contribution in [3.8, 4) is 5.75 Å². The summed E-state index contributed by atoms with van der Waals surface area (Å²) in [7, 11) is 0. The molecule has 1 fully saturated rings. The van der Waals surface area contributed by atoms with E-state index >= 15 is 0 Å². The fourth-order valence-electron chi connectivity index (χ4n) is 4.77. The van der Waals surface area contributed by atoms with Crippen LogP contribution >= 0.6 is 0 Å². The number of benzene rings is 2. The number of halogens is 3. The van der Waals surface area contributed by atoms with E-state index in [9.17, 15) is 27.6 Å². The summed E-state index contributed by atoms with van der Waals surface area (Å²) in [4.78, 5) is 40.9. The number of hydrogen-bond donors (Lipinski definition) is 0. The van der Waals surface area contributed by atoms with Crippen molar-refractivity contribution in [3.63, 3.8) is 0 Å². The van der Waals surface area contributed by atoms with Gasteiger partial charge in [0.1, 0.15) is 24.6 Å². The Labute approximate surface area is 236 Å². The number of carbonyl (C=O) groups is 3. The molecule has 2 amide bonds. The van der Waals surface area contributed by atoms with Crippen LogP contribution in [0, 0.1) is 0 Å². The van der Waals surface area contributed by atoms with Crippen molar-refractivity contribution in [3.05, 3.63) is 59.7 Å². The molecule has 222 valence electrons. The monoisotopic (exact) mass is 578 g/mol. The molecular weight excluding hydrogens is 545 g/mol. The summed E-state index contributed by atoms with van der Waals surface area (Å²) in [5.41, 5.74) is 1.17. The summed E-state index contributed by atoms with van der Waals surface area (Å²) in [6.45, 7) is 3.84. The molecule has 2 aliphatic rings. The lowest BCUT2D eigenvalue weighted by Gasteiger charge is -2.40. The highest BCUT2D eigenvalue weighted by Gasteiger charge is 2.38. The van der Waals surface area contributed by atoms with Gasteiger partial charge in [-0.1, -0.05) is 30.3 Å². The second-order valence-electron chi connectivity index (χ2n) is 10.9. The third kappa shape index (κ3) is 8.12. The summed E-state index contributed by atoms with van der Waals surface area (Å²) in [5, 5.41) is 0. The standard InChI is InChI=1S/C29H33F3N2O7/c1-28(2,3)41-24(35)17-38-22-10-8-19(9-11-22)25(40-18-29(30,31)32)26(36)33-14-12-21(13-15-33)34-23-7-5-4-6-20(23)16-39-27(34)37/h4-11,21,25H,12-18H2,1-3H3. The van der Waals surface area contributed by atoms with Crippen LogP contribution in [0.3, 0.4) is 0 Å². The van der Waals surface area contributed by atoms with Crippen LogP contribution in [-0.2, 0) is 30.4 Å². The Bertz CT molecular complexity index is 1240. The lowest BCUT2D eigenvalue weighted by atomic mass is 9.99. The van der Waals surface area contributed by atoms with Crippen molar-refractivity contribution in [1.29, 1.82) is 0 Å². The molecule has 0 saturated carbocycles. The smallest absolute Gasteiger partial charge is 0.414 e. The zero-order valence-corrected chi connectivity index (χ0v) is 23.1. The molecular formula is C29H33F3N2O7. The van der Waals surface area contributed by atoms with E-state index in [1.165, 1.54) is 29.2 Å². The summed E-state index contributed by atoms with van der Waals surface area (Å²) < 4.78 is 60.1. The summed E-state index contributed by atoms with van der Waals surface area (Å²) in [6, 6.07) is 12.9. The Balaban J connectivity index is 1.42. The van der Waals surface area contributed by atoms with Crippen molar-refractivity contribution >= 4 is 23.7 Å². The number of alkyl halides is 3. The highest BCUT2D eigenvalue weighted by Crippen LogP contribution is 2.33. The van der Waals surface area contributed by atoms with E-state index in [0.29, 0.717) is 12.8 Å². The fourth-order valence-corrected chi connectivity index (χ4v) is 4.77. The number of hydrogen-bond acceptors (Lipinski definition) is 7. The van der Waals surface area contributed by atoms with Crippen molar-refractivity contribution in [2.45, 2.75) is 64.1 Å². The minimum atomic E-state index is -4.63. The lowest BCUT2D eigenvalue weighted by Crippen LogP contribution is -2.51. The Kier molecular flexibility index (Phi) is 9.11. The average molecular weight is 579 g/mol. The average Bonchev–Trinajstić information content (AvgIpc) is 2.91. The van der Waals surface area contributed by atoms with E-state index in [-0.39, 0.29) is 43.7 Å². The third-order valence-electron chi connectivity index (χ3n) is 6.54. The van der Waals surface area contributed by atoms with Gasteiger partial charge in [0.25, 0.3) is 5.91 Å². The normalized spacial score (nSPS) is 17.0.